The molecule has 3 aliphatic carbocycles. The third kappa shape index (κ3) is 7.24. The van der Waals surface area contributed by atoms with E-state index in [4.69, 9.17) is 28.4 Å². The Morgan fingerprint density at radius 2 is 1.52 bits per heavy atom. The lowest BCUT2D eigenvalue weighted by atomic mass is 9.44. The molecule has 15 heteroatoms. The number of rotatable bonds is 10. The van der Waals surface area contributed by atoms with Crippen LogP contribution in [0.1, 0.15) is 90.3 Å². The number of carbonyl (C=O) groups is 6. The number of benzene rings is 2. The number of carbonyl (C=O) groups excluding carboxylic acids is 6. The van der Waals surface area contributed by atoms with Crippen LogP contribution in [0.25, 0.3) is 0 Å². The number of hydrogen-bond acceptors (Lipinski definition) is 15. The molecule has 4 aliphatic rings. The summed E-state index contributed by atoms with van der Waals surface area (Å²) < 4.78 is 35.7. The predicted octanol–water partition coefficient (Wildman–Crippen LogP) is 3.82. The van der Waals surface area contributed by atoms with E-state index in [0.717, 1.165) is 13.8 Å². The van der Waals surface area contributed by atoms with Crippen molar-refractivity contribution in [2.75, 3.05) is 6.61 Å². The van der Waals surface area contributed by atoms with Crippen LogP contribution in [0.2, 0.25) is 0 Å². The van der Waals surface area contributed by atoms with Gasteiger partial charge in [-0.25, -0.2) is 14.4 Å². The number of ether oxygens (including phenoxy) is 6. The van der Waals surface area contributed by atoms with Gasteiger partial charge in [-0.3, -0.25) is 14.4 Å². The van der Waals surface area contributed by atoms with E-state index in [1.807, 2.05) is 0 Å². The van der Waals surface area contributed by atoms with Crippen molar-refractivity contribution in [3.63, 3.8) is 0 Å². The van der Waals surface area contributed by atoms with Crippen LogP contribution in [-0.2, 0) is 52.4 Å². The van der Waals surface area contributed by atoms with Gasteiger partial charge in [0.25, 0.3) is 0 Å². The summed E-state index contributed by atoms with van der Waals surface area (Å²) in [7, 11) is 0. The maximum atomic E-state index is 15.4. The fourth-order valence-corrected chi connectivity index (χ4v) is 9.63. The summed E-state index contributed by atoms with van der Waals surface area (Å²) in [5, 5.41) is 37.2. The minimum atomic E-state index is -2.40. The zero-order valence-electron chi connectivity index (χ0n) is 34.8. The predicted molar refractivity (Wildman–Crippen MR) is 209 cm³/mol. The van der Waals surface area contributed by atoms with Gasteiger partial charge in [-0.2, -0.15) is 0 Å². The molecule has 0 radical (unpaired) electrons. The maximum Gasteiger partial charge on any atom is 0.339 e. The van der Waals surface area contributed by atoms with Crippen LogP contribution in [0.15, 0.2) is 83.5 Å². The highest BCUT2D eigenvalue weighted by molar-refractivity contribution is 5.95. The smallest absolute Gasteiger partial charge is 0.339 e. The van der Waals surface area contributed by atoms with E-state index in [-0.39, 0.29) is 40.9 Å². The lowest BCUT2D eigenvalue weighted by Crippen LogP contribution is -2.82. The molecule has 60 heavy (non-hydrogen) atoms. The van der Waals surface area contributed by atoms with Crippen molar-refractivity contribution in [2.24, 2.45) is 16.7 Å². The monoisotopic (exact) mass is 832 g/mol. The molecule has 6 rings (SSSR count). The van der Waals surface area contributed by atoms with E-state index in [1.54, 1.807) is 69.3 Å². The number of ketones is 1. The van der Waals surface area contributed by atoms with Gasteiger partial charge in [0, 0.05) is 37.7 Å². The van der Waals surface area contributed by atoms with E-state index in [1.165, 1.54) is 39.0 Å². The molecular formula is C45H52O15. The van der Waals surface area contributed by atoms with Crippen molar-refractivity contribution < 1.29 is 72.5 Å². The zero-order valence-corrected chi connectivity index (χ0v) is 34.8. The van der Waals surface area contributed by atoms with Gasteiger partial charge in [0.2, 0.25) is 0 Å². The summed E-state index contributed by atoms with van der Waals surface area (Å²) in [5.41, 5.74) is -7.22. The number of fused-ring (bicyclic) bond motifs is 5. The van der Waals surface area contributed by atoms with Crippen molar-refractivity contribution in [1.29, 1.82) is 0 Å². The van der Waals surface area contributed by atoms with Crippen LogP contribution in [0.4, 0.5) is 0 Å². The molecule has 2 aromatic rings. The van der Waals surface area contributed by atoms with E-state index in [9.17, 15) is 39.3 Å². The van der Waals surface area contributed by atoms with Gasteiger partial charge < -0.3 is 43.7 Å². The Hall–Kier alpha value is -5.22. The zero-order chi connectivity index (χ0) is 44.1. The Morgan fingerprint density at radius 3 is 2.07 bits per heavy atom. The molecule has 0 aromatic heterocycles. The molecule has 322 valence electrons. The first-order chi connectivity index (χ1) is 28.1. The Balaban J connectivity index is 1.56. The summed E-state index contributed by atoms with van der Waals surface area (Å²) in [5.74, 6) is -7.14. The highest BCUT2D eigenvalue weighted by Gasteiger charge is 2.78. The van der Waals surface area contributed by atoms with Crippen molar-refractivity contribution in [2.45, 2.75) is 122 Å². The number of aliphatic hydroxyl groups is 3. The van der Waals surface area contributed by atoms with Crippen LogP contribution in [0.3, 0.4) is 0 Å². The topological polar surface area (TPSA) is 218 Å². The molecule has 15 nitrogen and oxygen atoms in total. The molecule has 11 atom stereocenters. The van der Waals surface area contributed by atoms with Crippen molar-refractivity contribution >= 4 is 35.6 Å². The first-order valence-corrected chi connectivity index (χ1v) is 19.8. The molecule has 0 amide bonds. The summed E-state index contributed by atoms with van der Waals surface area (Å²) in [6.07, 6.45) is -10.7. The number of aliphatic hydroxyl groups excluding tert-OH is 2. The largest absolute Gasteiger partial charge is 0.456 e. The number of hydrogen-bond donors (Lipinski definition) is 3. The molecule has 2 aromatic carbocycles. The van der Waals surface area contributed by atoms with Crippen LogP contribution in [0, 0.1) is 16.7 Å². The average molecular weight is 833 g/mol. The molecule has 0 unspecified atom stereocenters. The van der Waals surface area contributed by atoms with Gasteiger partial charge >= 0.3 is 29.8 Å². The maximum absolute atomic E-state index is 15.4. The van der Waals surface area contributed by atoms with Gasteiger partial charge in [-0.1, -0.05) is 68.5 Å². The molecule has 1 saturated heterocycles. The lowest BCUT2D eigenvalue weighted by molar-refractivity contribution is -0.346. The summed E-state index contributed by atoms with van der Waals surface area (Å²) in [6, 6.07) is 15.8. The van der Waals surface area contributed by atoms with E-state index in [2.05, 4.69) is 0 Å². The summed E-state index contributed by atoms with van der Waals surface area (Å²) in [4.78, 5) is 82.7. The highest BCUT2D eigenvalue weighted by atomic mass is 16.6. The lowest BCUT2D eigenvalue weighted by Gasteiger charge is -2.67. The first kappa shape index (κ1) is 44.3. The van der Waals surface area contributed by atoms with Gasteiger partial charge in [0.15, 0.2) is 29.7 Å². The van der Waals surface area contributed by atoms with Gasteiger partial charge in [0.05, 0.1) is 29.6 Å². The fraction of sp³-hybridized carbons (Fsp3) is 0.511. The second-order valence-corrected chi connectivity index (χ2v) is 16.8. The fourth-order valence-electron chi connectivity index (χ4n) is 9.63. The van der Waals surface area contributed by atoms with Crippen LogP contribution in [-0.4, -0.2) is 105 Å². The molecule has 2 bridgehead atoms. The van der Waals surface area contributed by atoms with Gasteiger partial charge in [0.1, 0.15) is 23.9 Å². The number of esters is 5. The Morgan fingerprint density at radius 1 is 0.900 bits per heavy atom. The van der Waals surface area contributed by atoms with Gasteiger partial charge in [-0.05, 0) is 56.5 Å². The summed E-state index contributed by atoms with van der Waals surface area (Å²) >= 11 is 0. The molecule has 1 aliphatic heterocycles. The minimum absolute atomic E-state index is 0.0142. The molecule has 1 heterocycles. The van der Waals surface area contributed by atoms with Gasteiger partial charge in [-0.15, -0.1) is 0 Å². The normalized spacial score (nSPS) is 32.9. The molecular weight excluding hydrogens is 780 g/mol. The molecule has 0 spiro atoms. The number of Topliss-reactive ketones (excluding diaryl/α,β-unsaturated/α-hetero) is 1. The second-order valence-electron chi connectivity index (χ2n) is 16.8. The highest BCUT2D eigenvalue weighted by Crippen LogP contribution is 2.64. The van der Waals surface area contributed by atoms with Crippen LogP contribution in [0.5, 0.6) is 0 Å². The molecule has 3 N–H and O–H groups in total. The van der Waals surface area contributed by atoms with Crippen molar-refractivity contribution in [3.8, 4) is 0 Å². The average Bonchev–Trinajstić information content (AvgIpc) is 3.20. The Labute approximate surface area is 347 Å². The molecule has 2 saturated carbocycles. The summed E-state index contributed by atoms with van der Waals surface area (Å²) in [6.45, 7) is 11.0. The SMILES string of the molecule is C/C=C(\C)C(=O)O[C@@H](c1ccccc1)[C@@H](O)C(=O)O[C@@H]1C[C@@]2(O)[C@H](OC(=O)c3ccccc3)[C@H]3[C@]4(OC(C)=O)CO[C@@H]4C[C@H](O)[C@@]3(C)C(=O)[C@H](OC(C)=O)C(=C1C)C2(C)C. The van der Waals surface area contributed by atoms with Crippen molar-refractivity contribution in [3.05, 3.63) is 94.6 Å². The van der Waals surface area contributed by atoms with Crippen LogP contribution < -0.4 is 0 Å². The standard InChI is InChI=1S/C45H52O15/c1-9-23(2)39(51)58-34(27-16-12-10-13-17-27)33(49)41(53)57-29-21-45(54)38(59-40(52)28-18-14-11-15-19-28)36-43(8,30(48)20-31-44(36,22-55-31)60-26(5)47)37(50)35(56-25(4)46)32(24(29)3)42(45,6)7/h9-19,29-31,33-36,38,48-49,54H,20-22H2,1-8H3/b23-9+/t29-,30+,31-,33-,34+,35-,36-,38-,43-,44+,45-/m1/s1. The van der Waals surface area contributed by atoms with E-state index >= 15 is 4.79 Å². The second kappa shape index (κ2) is 16.3. The van der Waals surface area contributed by atoms with E-state index in [0.29, 0.717) is 0 Å². The van der Waals surface area contributed by atoms with Crippen LogP contribution >= 0.6 is 0 Å². The third-order valence-electron chi connectivity index (χ3n) is 13.1. The van der Waals surface area contributed by atoms with Crippen molar-refractivity contribution in [1.82, 2.24) is 0 Å². The first-order valence-electron chi connectivity index (χ1n) is 19.8. The minimum Gasteiger partial charge on any atom is -0.456 e. The molecule has 3 fully saturated rings. The number of allylic oxidation sites excluding steroid dienone is 1. The Kier molecular flexibility index (Phi) is 12.1. The third-order valence-corrected chi connectivity index (χ3v) is 13.1. The Bertz CT molecular complexity index is 2110. The van der Waals surface area contributed by atoms with E-state index < -0.39 is 113 Å². The quantitative estimate of drug-likeness (QED) is 0.134.